The monoisotopic (exact) mass is 564 g/mol. The van der Waals surface area contributed by atoms with E-state index < -0.39 is 15.9 Å². The van der Waals surface area contributed by atoms with Gasteiger partial charge in [0.2, 0.25) is 21.9 Å². The number of amides is 1. The van der Waals surface area contributed by atoms with Crippen molar-refractivity contribution in [3.8, 4) is 22.7 Å². The molecule has 5 rings (SSSR count). The number of methoxy groups -OCH3 is 1. The number of benzene rings is 3. The Hall–Kier alpha value is -3.66. The smallest absolute Gasteiger partial charge is 0.243 e. The van der Waals surface area contributed by atoms with Gasteiger partial charge in [0.1, 0.15) is 5.75 Å². The number of halogens is 1. The Balaban J connectivity index is 1.43. The van der Waals surface area contributed by atoms with E-state index >= 15 is 0 Å². The van der Waals surface area contributed by atoms with Crippen LogP contribution in [0.5, 0.6) is 5.75 Å². The second-order valence-corrected chi connectivity index (χ2v) is 12.0. The number of sulfonamides is 1. The fourth-order valence-corrected chi connectivity index (χ4v) is 5.86. The number of ether oxygens (including phenoxy) is 1. The van der Waals surface area contributed by atoms with Crippen LogP contribution in [-0.2, 0) is 14.8 Å². The molecular weight excluding hydrogens is 536 g/mol. The molecule has 10 heteroatoms. The quantitative estimate of drug-likeness (QED) is 0.273. The van der Waals surface area contributed by atoms with Gasteiger partial charge in [-0.25, -0.2) is 13.4 Å². The van der Waals surface area contributed by atoms with E-state index in [1.165, 1.54) is 23.5 Å². The van der Waals surface area contributed by atoms with Crippen molar-refractivity contribution in [1.82, 2.24) is 13.9 Å². The SMILES string of the molecule is COc1ccc(S(=O)(=O)N(CC(=O)Nc2nc(-c3ccc(Cl)cc3)cn2-c2cccc(C)c2)CC2CC2)cc1. The lowest BCUT2D eigenvalue weighted by molar-refractivity contribution is -0.116. The molecule has 1 aliphatic rings. The molecule has 1 heterocycles. The van der Waals surface area contributed by atoms with E-state index in [4.69, 9.17) is 16.3 Å². The zero-order chi connectivity index (χ0) is 27.6. The van der Waals surface area contributed by atoms with E-state index in [1.54, 1.807) is 28.8 Å². The molecule has 1 fully saturated rings. The number of hydrogen-bond acceptors (Lipinski definition) is 5. The van der Waals surface area contributed by atoms with E-state index in [9.17, 15) is 13.2 Å². The summed E-state index contributed by atoms with van der Waals surface area (Å²) in [6.45, 7) is 1.94. The molecule has 4 aromatic rings. The predicted octanol–water partition coefficient (Wildman–Crippen LogP) is 5.55. The molecule has 1 amide bonds. The first-order valence-corrected chi connectivity index (χ1v) is 14.4. The summed E-state index contributed by atoms with van der Waals surface area (Å²) in [6.07, 6.45) is 3.72. The number of aryl methyl sites for hydroxylation is 1. The summed E-state index contributed by atoms with van der Waals surface area (Å²) < 4.78 is 35.2. The molecule has 3 aromatic carbocycles. The zero-order valence-electron chi connectivity index (χ0n) is 21.7. The lowest BCUT2D eigenvalue weighted by Gasteiger charge is -2.22. The molecule has 0 spiro atoms. The van der Waals surface area contributed by atoms with Crippen LogP contribution in [0.2, 0.25) is 5.02 Å². The molecule has 1 aromatic heterocycles. The Kier molecular flexibility index (Phi) is 7.74. The lowest BCUT2D eigenvalue weighted by atomic mass is 10.2. The second-order valence-electron chi connectivity index (χ2n) is 9.63. The number of anilines is 1. The highest BCUT2D eigenvalue weighted by molar-refractivity contribution is 7.89. The molecule has 8 nitrogen and oxygen atoms in total. The molecule has 1 N–H and O–H groups in total. The first-order valence-electron chi connectivity index (χ1n) is 12.6. The van der Waals surface area contributed by atoms with E-state index in [0.29, 0.717) is 22.4 Å². The third-order valence-corrected chi connectivity index (χ3v) is 8.63. The first kappa shape index (κ1) is 26.9. The van der Waals surface area contributed by atoms with Gasteiger partial charge in [0.25, 0.3) is 0 Å². The van der Waals surface area contributed by atoms with Crippen molar-refractivity contribution < 1.29 is 17.9 Å². The average molecular weight is 565 g/mol. The summed E-state index contributed by atoms with van der Waals surface area (Å²) in [4.78, 5) is 18.1. The van der Waals surface area contributed by atoms with Crippen LogP contribution in [0, 0.1) is 12.8 Å². The van der Waals surface area contributed by atoms with Gasteiger partial charge in [0, 0.05) is 29.0 Å². The minimum atomic E-state index is -3.90. The van der Waals surface area contributed by atoms with Crippen LogP contribution < -0.4 is 10.1 Å². The fraction of sp³-hybridized carbons (Fsp3) is 0.241. The van der Waals surface area contributed by atoms with Gasteiger partial charge in [0.15, 0.2) is 0 Å². The summed E-state index contributed by atoms with van der Waals surface area (Å²) in [7, 11) is -2.38. The lowest BCUT2D eigenvalue weighted by Crippen LogP contribution is -2.39. The maximum atomic E-state index is 13.5. The van der Waals surface area contributed by atoms with Gasteiger partial charge < -0.3 is 4.74 Å². The summed E-state index contributed by atoms with van der Waals surface area (Å²) in [5.41, 5.74) is 3.34. The number of nitrogens with zero attached hydrogens (tertiary/aromatic N) is 3. The Morgan fingerprint density at radius 1 is 1.10 bits per heavy atom. The normalized spacial score (nSPS) is 13.4. The summed E-state index contributed by atoms with van der Waals surface area (Å²) in [5, 5.41) is 3.47. The summed E-state index contributed by atoms with van der Waals surface area (Å²) >= 11 is 6.06. The van der Waals surface area contributed by atoms with E-state index in [-0.39, 0.29) is 23.9 Å². The van der Waals surface area contributed by atoms with Gasteiger partial charge in [-0.2, -0.15) is 4.31 Å². The van der Waals surface area contributed by atoms with Crippen LogP contribution >= 0.6 is 11.6 Å². The molecule has 39 heavy (non-hydrogen) atoms. The van der Waals surface area contributed by atoms with Crippen LogP contribution in [0.4, 0.5) is 5.95 Å². The highest BCUT2D eigenvalue weighted by Crippen LogP contribution is 2.32. The third kappa shape index (κ3) is 6.33. The standard InChI is InChI=1S/C29H29ClN4O4S/c1-20-4-3-5-24(16-20)34-18-27(22-8-10-23(30)11-9-22)31-29(34)32-28(35)19-33(17-21-6-7-21)39(36,37)26-14-12-25(38-2)13-15-26/h3-5,8-16,18,21H,6-7,17,19H2,1-2H3,(H,31,32,35). The topological polar surface area (TPSA) is 93.5 Å². The van der Waals surface area contributed by atoms with Gasteiger partial charge in [-0.3, -0.25) is 14.7 Å². The number of carbonyl (C=O) groups excluding carboxylic acids is 1. The number of carbonyl (C=O) groups is 1. The average Bonchev–Trinajstić information content (AvgIpc) is 3.65. The zero-order valence-corrected chi connectivity index (χ0v) is 23.2. The molecule has 0 aliphatic heterocycles. The maximum Gasteiger partial charge on any atom is 0.243 e. The van der Waals surface area contributed by atoms with E-state index in [1.807, 2.05) is 49.5 Å². The molecule has 0 unspecified atom stereocenters. The number of aromatic nitrogens is 2. The van der Waals surface area contributed by atoms with Crippen LogP contribution in [0.25, 0.3) is 16.9 Å². The van der Waals surface area contributed by atoms with Gasteiger partial charge >= 0.3 is 0 Å². The van der Waals surface area contributed by atoms with Crippen molar-refractivity contribution in [3.63, 3.8) is 0 Å². The Morgan fingerprint density at radius 2 is 1.82 bits per heavy atom. The number of nitrogens with one attached hydrogen (secondary N) is 1. The highest BCUT2D eigenvalue weighted by atomic mass is 35.5. The molecule has 0 atom stereocenters. The van der Waals surface area contributed by atoms with E-state index in [2.05, 4.69) is 10.3 Å². The number of rotatable bonds is 10. The van der Waals surface area contributed by atoms with Crippen LogP contribution in [0.15, 0.2) is 83.9 Å². The Bertz CT molecular complexity index is 1580. The van der Waals surface area contributed by atoms with Gasteiger partial charge in [0.05, 0.1) is 24.2 Å². The minimum Gasteiger partial charge on any atom is -0.497 e. The van der Waals surface area contributed by atoms with Crippen molar-refractivity contribution in [3.05, 3.63) is 89.6 Å². The van der Waals surface area contributed by atoms with Crippen molar-refractivity contribution in [1.29, 1.82) is 0 Å². The van der Waals surface area contributed by atoms with Crippen LogP contribution in [0.1, 0.15) is 18.4 Å². The fourth-order valence-electron chi connectivity index (χ4n) is 4.26. The highest BCUT2D eigenvalue weighted by Gasteiger charge is 2.33. The largest absolute Gasteiger partial charge is 0.497 e. The molecular formula is C29H29ClN4O4S. The van der Waals surface area contributed by atoms with Crippen LogP contribution in [0.3, 0.4) is 0 Å². The number of imidazole rings is 1. The molecule has 0 saturated heterocycles. The van der Waals surface area contributed by atoms with E-state index in [0.717, 1.165) is 29.7 Å². The maximum absolute atomic E-state index is 13.5. The minimum absolute atomic E-state index is 0.114. The van der Waals surface area contributed by atoms with Gasteiger partial charge in [-0.1, -0.05) is 35.9 Å². The summed E-state index contributed by atoms with van der Waals surface area (Å²) in [6, 6.07) is 21.3. The van der Waals surface area contributed by atoms with Crippen molar-refractivity contribution in [2.75, 3.05) is 25.5 Å². The van der Waals surface area contributed by atoms with Crippen molar-refractivity contribution in [2.45, 2.75) is 24.7 Å². The Labute approximate surface area is 233 Å². The van der Waals surface area contributed by atoms with Gasteiger partial charge in [-0.05, 0) is 79.8 Å². The van der Waals surface area contributed by atoms with Crippen molar-refractivity contribution in [2.24, 2.45) is 5.92 Å². The van der Waals surface area contributed by atoms with Gasteiger partial charge in [-0.15, -0.1) is 0 Å². The molecule has 1 aliphatic carbocycles. The molecule has 0 bridgehead atoms. The first-order chi connectivity index (χ1) is 18.7. The van der Waals surface area contributed by atoms with Crippen LogP contribution in [-0.4, -0.2) is 48.4 Å². The molecule has 0 radical (unpaired) electrons. The third-order valence-electron chi connectivity index (χ3n) is 6.55. The number of hydrogen-bond donors (Lipinski definition) is 1. The molecule has 202 valence electrons. The molecule has 1 saturated carbocycles. The van der Waals surface area contributed by atoms with Crippen molar-refractivity contribution >= 4 is 33.5 Å². The Morgan fingerprint density at radius 3 is 2.46 bits per heavy atom. The second kappa shape index (κ2) is 11.2. The predicted molar refractivity (Wildman–Crippen MR) is 152 cm³/mol. The summed E-state index contributed by atoms with van der Waals surface area (Å²) in [5.74, 6) is 0.621.